The highest BCUT2D eigenvalue weighted by atomic mass is 16.5. The van der Waals surface area contributed by atoms with Gasteiger partial charge >= 0.3 is 5.97 Å². The van der Waals surface area contributed by atoms with E-state index in [2.05, 4.69) is 16.0 Å². The molecule has 0 spiro atoms. The minimum absolute atomic E-state index is 0.0465. The average Bonchev–Trinajstić information content (AvgIpc) is 3.00. The number of amides is 3. The third-order valence-electron chi connectivity index (χ3n) is 7.13. The van der Waals surface area contributed by atoms with Crippen molar-refractivity contribution >= 4 is 29.4 Å². The standard InChI is InChI=1S/C32H36N4O8/c1-18(37)34-24-15-20-7-11-27(23(33)13-20)44-29-17-21(8-12-28(29)42-3)16-26(32(40)43-4)36-31(39)25(35-30(24)38)14-19-5-9-22(41-2)10-6-19/h5-13,17,24-26H,14-16,33H2,1-4H3,(H,34,37)(H,35,38)(H,36,39)/t24-,25+,26-/m1/s1. The van der Waals surface area contributed by atoms with Crippen LogP contribution in [0.15, 0.2) is 60.7 Å². The van der Waals surface area contributed by atoms with E-state index in [1.807, 2.05) is 0 Å². The minimum Gasteiger partial charge on any atom is -0.497 e. The highest BCUT2D eigenvalue weighted by molar-refractivity contribution is 5.93. The molecule has 2 heterocycles. The van der Waals surface area contributed by atoms with Crippen molar-refractivity contribution < 1.29 is 38.1 Å². The molecule has 5 N–H and O–H groups in total. The van der Waals surface area contributed by atoms with Crippen LogP contribution in [0.25, 0.3) is 0 Å². The number of nitrogen functional groups attached to an aromatic ring is 1. The number of hydrogen-bond donors (Lipinski definition) is 4. The number of nitrogens with two attached hydrogens (primary N) is 1. The second-order valence-corrected chi connectivity index (χ2v) is 10.3. The van der Waals surface area contributed by atoms with Crippen LogP contribution < -0.4 is 35.9 Å². The number of ether oxygens (including phenoxy) is 4. The maximum Gasteiger partial charge on any atom is 0.328 e. The molecule has 44 heavy (non-hydrogen) atoms. The van der Waals surface area contributed by atoms with Crippen LogP contribution in [0, 0.1) is 0 Å². The minimum atomic E-state index is -1.11. The van der Waals surface area contributed by atoms with Crippen LogP contribution in [0.1, 0.15) is 23.6 Å². The highest BCUT2D eigenvalue weighted by Gasteiger charge is 2.31. The zero-order chi connectivity index (χ0) is 31.8. The Bertz CT molecular complexity index is 1530. The van der Waals surface area contributed by atoms with E-state index in [9.17, 15) is 19.2 Å². The highest BCUT2D eigenvalue weighted by Crippen LogP contribution is 2.36. The SMILES string of the molecule is COC(=O)[C@H]1Cc2ccc(OC)c(c2)Oc2ccc(cc2N)C[C@@H](NC(C)=O)C(=O)N[C@@H](Cc2ccc(OC)cc2)C(=O)N1. The lowest BCUT2D eigenvalue weighted by Crippen LogP contribution is -2.57. The quantitative estimate of drug-likeness (QED) is 0.243. The summed E-state index contributed by atoms with van der Waals surface area (Å²) in [6.45, 7) is 1.30. The fourth-order valence-corrected chi connectivity index (χ4v) is 4.88. The maximum atomic E-state index is 13.8. The van der Waals surface area contributed by atoms with Crippen LogP contribution in [-0.4, -0.2) is 63.1 Å². The van der Waals surface area contributed by atoms with Gasteiger partial charge in [-0.2, -0.15) is 0 Å². The van der Waals surface area contributed by atoms with Crippen molar-refractivity contribution in [2.75, 3.05) is 27.1 Å². The van der Waals surface area contributed by atoms with Gasteiger partial charge in [-0.05, 0) is 53.1 Å². The molecule has 12 nitrogen and oxygen atoms in total. The Labute approximate surface area is 255 Å². The van der Waals surface area contributed by atoms with E-state index in [1.165, 1.54) is 21.1 Å². The summed E-state index contributed by atoms with van der Waals surface area (Å²) in [5, 5.41) is 8.17. The Kier molecular flexibility index (Phi) is 10.3. The Hall–Kier alpha value is -5.26. The van der Waals surface area contributed by atoms with E-state index in [4.69, 9.17) is 24.7 Å². The molecule has 3 aromatic rings. The average molecular weight is 605 g/mol. The molecule has 12 heteroatoms. The summed E-state index contributed by atoms with van der Waals surface area (Å²) in [6, 6.07) is 13.9. The first-order valence-corrected chi connectivity index (χ1v) is 13.9. The summed E-state index contributed by atoms with van der Waals surface area (Å²) in [4.78, 5) is 52.3. The smallest absolute Gasteiger partial charge is 0.328 e. The van der Waals surface area contributed by atoms with Crippen LogP contribution in [0.5, 0.6) is 23.0 Å². The molecule has 2 aliphatic heterocycles. The van der Waals surface area contributed by atoms with E-state index in [0.29, 0.717) is 39.8 Å². The molecule has 0 saturated heterocycles. The second kappa shape index (κ2) is 14.3. The topological polar surface area (TPSA) is 167 Å². The van der Waals surface area contributed by atoms with Crippen molar-refractivity contribution in [3.63, 3.8) is 0 Å². The number of anilines is 1. The molecule has 0 aromatic heterocycles. The number of esters is 1. The normalized spacial score (nSPS) is 18.6. The molecule has 0 fully saturated rings. The van der Waals surface area contributed by atoms with Gasteiger partial charge in [0.05, 0.1) is 27.0 Å². The summed E-state index contributed by atoms with van der Waals surface area (Å²) in [6.07, 6.45) is 0.214. The van der Waals surface area contributed by atoms with Gasteiger partial charge in [0.15, 0.2) is 17.2 Å². The summed E-state index contributed by atoms with van der Waals surface area (Å²) in [5.74, 6) is -0.594. The number of nitrogens with one attached hydrogen (secondary N) is 3. The predicted molar refractivity (Wildman–Crippen MR) is 162 cm³/mol. The van der Waals surface area contributed by atoms with E-state index >= 15 is 0 Å². The van der Waals surface area contributed by atoms with Crippen LogP contribution >= 0.6 is 0 Å². The first-order chi connectivity index (χ1) is 21.1. The third kappa shape index (κ3) is 7.97. The van der Waals surface area contributed by atoms with Crippen molar-refractivity contribution in [2.45, 2.75) is 44.3 Å². The van der Waals surface area contributed by atoms with Gasteiger partial charge in [-0.25, -0.2) is 4.79 Å². The fourth-order valence-electron chi connectivity index (χ4n) is 4.88. The fraction of sp³-hybridized carbons (Fsp3) is 0.312. The molecule has 0 aliphatic carbocycles. The molecular formula is C32H36N4O8. The molecule has 4 bridgehead atoms. The lowest BCUT2D eigenvalue weighted by atomic mass is 10.0. The monoisotopic (exact) mass is 604 g/mol. The lowest BCUT2D eigenvalue weighted by molar-refractivity contribution is -0.145. The zero-order valence-electron chi connectivity index (χ0n) is 25.0. The molecule has 2 aliphatic rings. The molecule has 0 radical (unpaired) electrons. The van der Waals surface area contributed by atoms with E-state index in [1.54, 1.807) is 67.8 Å². The van der Waals surface area contributed by atoms with Gasteiger partial charge in [-0.1, -0.05) is 24.3 Å². The molecule has 3 atom stereocenters. The Morgan fingerprint density at radius 1 is 0.886 bits per heavy atom. The number of hydrogen-bond acceptors (Lipinski definition) is 9. The predicted octanol–water partition coefficient (Wildman–Crippen LogP) is 2.07. The summed E-state index contributed by atoms with van der Waals surface area (Å²) >= 11 is 0. The zero-order valence-corrected chi connectivity index (χ0v) is 25.0. The number of methoxy groups -OCH3 is 3. The van der Waals surface area contributed by atoms with Gasteiger partial charge in [0.1, 0.15) is 23.9 Å². The van der Waals surface area contributed by atoms with Gasteiger partial charge < -0.3 is 40.6 Å². The van der Waals surface area contributed by atoms with Gasteiger partial charge in [-0.15, -0.1) is 0 Å². The molecule has 3 aromatic carbocycles. The molecule has 5 rings (SSSR count). The number of benzene rings is 3. The van der Waals surface area contributed by atoms with E-state index in [0.717, 1.165) is 5.56 Å². The third-order valence-corrected chi connectivity index (χ3v) is 7.13. The molecule has 232 valence electrons. The van der Waals surface area contributed by atoms with Gasteiger partial charge in [0.2, 0.25) is 17.7 Å². The van der Waals surface area contributed by atoms with Crippen LogP contribution in [0.3, 0.4) is 0 Å². The Morgan fingerprint density at radius 2 is 1.59 bits per heavy atom. The van der Waals surface area contributed by atoms with E-state index in [-0.39, 0.29) is 19.3 Å². The summed E-state index contributed by atoms with van der Waals surface area (Å²) in [7, 11) is 4.26. The second-order valence-electron chi connectivity index (χ2n) is 10.3. The lowest BCUT2D eigenvalue weighted by Gasteiger charge is -2.25. The molecule has 0 saturated carbocycles. The van der Waals surface area contributed by atoms with Gasteiger partial charge in [0.25, 0.3) is 0 Å². The maximum absolute atomic E-state index is 13.8. The van der Waals surface area contributed by atoms with Crippen molar-refractivity contribution in [1.29, 1.82) is 0 Å². The van der Waals surface area contributed by atoms with Crippen molar-refractivity contribution in [1.82, 2.24) is 16.0 Å². The van der Waals surface area contributed by atoms with Gasteiger partial charge in [0, 0.05) is 26.2 Å². The number of rotatable bonds is 6. The van der Waals surface area contributed by atoms with Crippen molar-refractivity contribution in [3.05, 3.63) is 77.4 Å². The van der Waals surface area contributed by atoms with Crippen LogP contribution in [0.2, 0.25) is 0 Å². The Morgan fingerprint density at radius 3 is 2.23 bits per heavy atom. The molecule has 0 unspecified atom stereocenters. The first kappa shape index (κ1) is 31.7. The molecule has 3 amide bonds. The van der Waals surface area contributed by atoms with Crippen molar-refractivity contribution in [3.8, 4) is 23.0 Å². The van der Waals surface area contributed by atoms with Crippen LogP contribution in [-0.2, 0) is 43.2 Å². The summed E-state index contributed by atoms with van der Waals surface area (Å²) < 4.78 is 21.8. The number of fused-ring (bicyclic) bond motifs is 10. The summed E-state index contributed by atoms with van der Waals surface area (Å²) in [5.41, 5.74) is 8.63. The van der Waals surface area contributed by atoms with Gasteiger partial charge in [-0.3, -0.25) is 14.4 Å². The first-order valence-electron chi connectivity index (χ1n) is 13.9. The Balaban J connectivity index is 1.78. The largest absolute Gasteiger partial charge is 0.497 e. The number of carbonyl (C=O) groups excluding carboxylic acids is 4. The number of carbonyl (C=O) groups is 4. The van der Waals surface area contributed by atoms with Crippen molar-refractivity contribution in [2.24, 2.45) is 0 Å². The molecular weight excluding hydrogens is 568 g/mol. The van der Waals surface area contributed by atoms with E-state index < -0.39 is 41.8 Å². The van der Waals surface area contributed by atoms with Crippen LogP contribution in [0.4, 0.5) is 5.69 Å².